The van der Waals surface area contributed by atoms with Crippen molar-refractivity contribution >= 4 is 12.1 Å². The highest BCUT2D eigenvalue weighted by Gasteiger charge is 2.29. The number of carbonyl (C=O) groups is 2. The van der Waals surface area contributed by atoms with Crippen LogP contribution in [0.1, 0.15) is 40.9 Å². The van der Waals surface area contributed by atoms with Crippen LogP contribution in [0.15, 0.2) is 60.9 Å². The fourth-order valence-corrected chi connectivity index (χ4v) is 3.93. The number of fused-ring (bicyclic) bond motifs is 3. The minimum absolute atomic E-state index is 0.0701. The summed E-state index contributed by atoms with van der Waals surface area (Å²) in [5.41, 5.74) is 5.47. The Morgan fingerprint density at radius 1 is 1.03 bits per heavy atom. The lowest BCUT2D eigenvalue weighted by Gasteiger charge is -2.19. The Balaban J connectivity index is 1.49. The second-order valence-electron chi connectivity index (χ2n) is 7.15. The molecule has 7 heteroatoms. The van der Waals surface area contributed by atoms with Gasteiger partial charge in [-0.3, -0.25) is 14.8 Å². The van der Waals surface area contributed by atoms with Crippen molar-refractivity contribution in [3.8, 4) is 11.1 Å². The van der Waals surface area contributed by atoms with Crippen molar-refractivity contribution in [2.45, 2.75) is 25.3 Å². The molecule has 1 aliphatic rings. The Bertz CT molecular complexity index is 1050. The number of amides is 1. The normalized spacial score (nSPS) is 13.2. The predicted octanol–water partition coefficient (Wildman–Crippen LogP) is 3.84. The molecule has 0 radical (unpaired) electrons. The molecule has 152 valence electrons. The Labute approximate surface area is 173 Å². The van der Waals surface area contributed by atoms with Gasteiger partial charge in [0.25, 0.3) is 0 Å². The molecule has 0 aliphatic heterocycles. The molecular formula is C23H21N3O4. The molecule has 3 aromatic rings. The lowest BCUT2D eigenvalue weighted by Crippen LogP contribution is -2.32. The lowest BCUT2D eigenvalue weighted by molar-refractivity contribution is -0.137. The smallest absolute Gasteiger partial charge is 0.407 e. The topological polar surface area (TPSA) is 101 Å². The van der Waals surface area contributed by atoms with E-state index in [9.17, 15) is 14.7 Å². The van der Waals surface area contributed by atoms with Crippen LogP contribution < -0.4 is 5.32 Å². The quantitative estimate of drug-likeness (QED) is 0.648. The summed E-state index contributed by atoms with van der Waals surface area (Å²) in [6.45, 7) is 1.87. The van der Waals surface area contributed by atoms with Gasteiger partial charge in [0.05, 0.1) is 23.9 Å². The van der Waals surface area contributed by atoms with Crippen LogP contribution in [0, 0.1) is 6.92 Å². The number of carbonyl (C=O) groups excluding carboxylic acids is 1. The predicted molar refractivity (Wildman–Crippen MR) is 110 cm³/mol. The van der Waals surface area contributed by atoms with Gasteiger partial charge in [0.2, 0.25) is 0 Å². The number of aromatic nitrogens is 2. The van der Waals surface area contributed by atoms with Crippen molar-refractivity contribution in [3.63, 3.8) is 0 Å². The number of rotatable bonds is 6. The average molecular weight is 403 g/mol. The highest BCUT2D eigenvalue weighted by molar-refractivity contribution is 5.79. The first-order valence-corrected chi connectivity index (χ1v) is 9.65. The van der Waals surface area contributed by atoms with Crippen molar-refractivity contribution in [3.05, 3.63) is 83.4 Å². The molecule has 4 rings (SSSR count). The van der Waals surface area contributed by atoms with Crippen molar-refractivity contribution < 1.29 is 19.4 Å². The molecule has 1 heterocycles. The van der Waals surface area contributed by atoms with Crippen molar-refractivity contribution in [1.29, 1.82) is 0 Å². The number of hydrogen-bond donors (Lipinski definition) is 2. The Morgan fingerprint density at radius 3 is 2.23 bits per heavy atom. The van der Waals surface area contributed by atoms with Crippen LogP contribution in [-0.2, 0) is 9.53 Å². The van der Waals surface area contributed by atoms with Gasteiger partial charge < -0.3 is 15.2 Å². The van der Waals surface area contributed by atoms with E-state index in [0.29, 0.717) is 11.4 Å². The number of aryl methyl sites for hydroxylation is 1. The highest BCUT2D eigenvalue weighted by atomic mass is 16.5. The second kappa shape index (κ2) is 8.32. The minimum Gasteiger partial charge on any atom is -0.481 e. The standard InChI is InChI=1S/C23H21N3O4/c1-14-22(25-11-10-24-14)20(12-21(27)28)26-23(29)30-13-19-17-8-4-2-6-15(17)16-7-3-5-9-18(16)19/h2-11,19-20H,12-13H2,1H3,(H,26,29)(H,27,28)/t20-/m1/s1. The fraction of sp³-hybridized carbons (Fsp3) is 0.217. The third-order valence-corrected chi connectivity index (χ3v) is 5.26. The molecule has 0 fully saturated rings. The maximum Gasteiger partial charge on any atom is 0.407 e. The Hall–Kier alpha value is -3.74. The zero-order valence-electron chi connectivity index (χ0n) is 16.4. The monoisotopic (exact) mass is 403 g/mol. The number of nitrogens with zero attached hydrogens (tertiary/aromatic N) is 2. The molecule has 0 spiro atoms. The maximum atomic E-state index is 12.5. The van der Waals surface area contributed by atoms with Crippen LogP contribution in [0.2, 0.25) is 0 Å². The summed E-state index contributed by atoms with van der Waals surface area (Å²) < 4.78 is 5.52. The van der Waals surface area contributed by atoms with Gasteiger partial charge in [0.15, 0.2) is 0 Å². The first kappa shape index (κ1) is 19.6. The van der Waals surface area contributed by atoms with E-state index in [1.807, 2.05) is 36.4 Å². The van der Waals surface area contributed by atoms with E-state index in [-0.39, 0.29) is 18.9 Å². The first-order chi connectivity index (χ1) is 14.5. The molecule has 0 unspecified atom stereocenters. The SMILES string of the molecule is Cc1nccnc1[C@@H](CC(=O)O)NC(=O)OCC1c2ccccc2-c2ccccc21. The van der Waals surface area contributed by atoms with Gasteiger partial charge in [-0.25, -0.2) is 4.79 Å². The van der Waals surface area contributed by atoms with E-state index >= 15 is 0 Å². The number of hydrogen-bond acceptors (Lipinski definition) is 5. The second-order valence-corrected chi connectivity index (χ2v) is 7.15. The average Bonchev–Trinajstić information content (AvgIpc) is 3.06. The van der Waals surface area contributed by atoms with Crippen LogP contribution >= 0.6 is 0 Å². The van der Waals surface area contributed by atoms with Gasteiger partial charge in [-0.15, -0.1) is 0 Å². The van der Waals surface area contributed by atoms with Crippen LogP contribution in [0.5, 0.6) is 0 Å². The maximum absolute atomic E-state index is 12.5. The third kappa shape index (κ3) is 3.87. The minimum atomic E-state index is -1.05. The van der Waals surface area contributed by atoms with E-state index in [1.165, 1.54) is 12.4 Å². The summed E-state index contributed by atoms with van der Waals surface area (Å²) in [6.07, 6.45) is 1.98. The third-order valence-electron chi connectivity index (χ3n) is 5.26. The molecule has 30 heavy (non-hydrogen) atoms. The summed E-state index contributed by atoms with van der Waals surface area (Å²) in [4.78, 5) is 32.1. The zero-order chi connectivity index (χ0) is 21.1. The van der Waals surface area contributed by atoms with Crippen LogP contribution in [0.25, 0.3) is 11.1 Å². The van der Waals surface area contributed by atoms with Crippen LogP contribution in [0.3, 0.4) is 0 Å². The van der Waals surface area contributed by atoms with E-state index in [0.717, 1.165) is 22.3 Å². The van der Waals surface area contributed by atoms with Crippen LogP contribution in [-0.4, -0.2) is 33.7 Å². The molecule has 1 aliphatic carbocycles. The van der Waals surface area contributed by atoms with Crippen molar-refractivity contribution in [1.82, 2.24) is 15.3 Å². The molecule has 2 aromatic carbocycles. The molecule has 2 N–H and O–H groups in total. The van der Waals surface area contributed by atoms with E-state index < -0.39 is 18.1 Å². The number of carboxylic acids is 1. The molecule has 0 bridgehead atoms. The summed E-state index contributed by atoms with van der Waals surface area (Å²) in [5.74, 6) is -1.12. The molecule has 1 aromatic heterocycles. The largest absolute Gasteiger partial charge is 0.481 e. The first-order valence-electron chi connectivity index (χ1n) is 9.65. The summed E-state index contributed by atoms with van der Waals surface area (Å²) in [5, 5.41) is 11.9. The Kier molecular flexibility index (Phi) is 5.43. The van der Waals surface area contributed by atoms with Gasteiger partial charge in [-0.1, -0.05) is 48.5 Å². The van der Waals surface area contributed by atoms with Gasteiger partial charge in [-0.2, -0.15) is 0 Å². The van der Waals surface area contributed by atoms with Crippen molar-refractivity contribution in [2.24, 2.45) is 0 Å². The van der Waals surface area contributed by atoms with Crippen molar-refractivity contribution in [2.75, 3.05) is 6.61 Å². The molecule has 7 nitrogen and oxygen atoms in total. The zero-order valence-corrected chi connectivity index (χ0v) is 16.4. The number of carboxylic acid groups (broad SMARTS) is 1. The molecule has 0 saturated carbocycles. The number of ether oxygens (including phenoxy) is 1. The molecule has 1 atom stereocenters. The molecule has 0 saturated heterocycles. The summed E-state index contributed by atoms with van der Waals surface area (Å²) in [7, 11) is 0. The molecule has 1 amide bonds. The van der Waals surface area contributed by atoms with Gasteiger partial charge in [-0.05, 0) is 29.2 Å². The van der Waals surface area contributed by atoms with E-state index in [1.54, 1.807) is 6.92 Å². The number of aliphatic carboxylic acids is 1. The molecular weight excluding hydrogens is 382 g/mol. The van der Waals surface area contributed by atoms with E-state index in [2.05, 4.69) is 27.4 Å². The van der Waals surface area contributed by atoms with E-state index in [4.69, 9.17) is 4.74 Å². The fourth-order valence-electron chi connectivity index (χ4n) is 3.93. The summed E-state index contributed by atoms with van der Waals surface area (Å²) >= 11 is 0. The number of benzene rings is 2. The van der Waals surface area contributed by atoms with Gasteiger partial charge in [0.1, 0.15) is 6.61 Å². The van der Waals surface area contributed by atoms with Crippen LogP contribution in [0.4, 0.5) is 4.79 Å². The van der Waals surface area contributed by atoms with Gasteiger partial charge >= 0.3 is 12.1 Å². The summed E-state index contributed by atoms with van der Waals surface area (Å²) in [6, 6.07) is 15.3. The lowest BCUT2D eigenvalue weighted by atomic mass is 9.98. The number of nitrogens with one attached hydrogen (secondary N) is 1. The van der Waals surface area contributed by atoms with Gasteiger partial charge in [0, 0.05) is 18.3 Å². The Morgan fingerprint density at radius 2 is 1.63 bits per heavy atom. The highest BCUT2D eigenvalue weighted by Crippen LogP contribution is 2.44. The number of alkyl carbamates (subject to hydrolysis) is 1.